The van der Waals surface area contributed by atoms with Crippen molar-refractivity contribution < 1.29 is 9.53 Å². The number of carbonyl (C=O) groups excluding carboxylic acids is 1. The summed E-state index contributed by atoms with van der Waals surface area (Å²) < 4.78 is 4.96. The molecule has 0 unspecified atom stereocenters. The topological polar surface area (TPSA) is 52.1 Å². The van der Waals surface area contributed by atoms with Crippen LogP contribution in [0.15, 0.2) is 36.7 Å². The van der Waals surface area contributed by atoms with E-state index in [0.717, 1.165) is 12.2 Å². The van der Waals surface area contributed by atoms with E-state index in [1.807, 2.05) is 0 Å². The molecular formula is C19H22N2O2. The summed E-state index contributed by atoms with van der Waals surface area (Å²) in [5, 5.41) is 0. The van der Waals surface area contributed by atoms with Crippen LogP contribution in [0.2, 0.25) is 0 Å². The summed E-state index contributed by atoms with van der Waals surface area (Å²) >= 11 is 0. The Kier molecular flexibility index (Phi) is 4.42. The Morgan fingerprint density at radius 1 is 1.26 bits per heavy atom. The number of aryl methyl sites for hydroxylation is 1. The van der Waals surface area contributed by atoms with E-state index in [1.54, 1.807) is 19.3 Å². The zero-order chi connectivity index (χ0) is 16.3. The van der Waals surface area contributed by atoms with Gasteiger partial charge in [0, 0.05) is 24.2 Å². The highest BCUT2D eigenvalue weighted by atomic mass is 16.5. The molecule has 0 radical (unpaired) electrons. The molecule has 0 spiro atoms. The lowest BCUT2D eigenvalue weighted by molar-refractivity contribution is 0.0525. The fraction of sp³-hybridized carbons (Fsp3) is 0.421. The third-order valence-electron chi connectivity index (χ3n) is 4.65. The predicted octanol–water partition coefficient (Wildman–Crippen LogP) is 3.63. The lowest BCUT2D eigenvalue weighted by Gasteiger charge is -2.42. The second-order valence-electron chi connectivity index (χ2n) is 6.29. The number of nitrogens with zero attached hydrogens (tertiary/aromatic N) is 2. The summed E-state index contributed by atoms with van der Waals surface area (Å²) in [7, 11) is 0. The molecule has 0 atom stereocenters. The Morgan fingerprint density at radius 2 is 2.00 bits per heavy atom. The molecule has 0 aliphatic heterocycles. The molecule has 4 heteroatoms. The maximum atomic E-state index is 11.7. The lowest BCUT2D eigenvalue weighted by atomic mass is 9.62. The number of rotatable bonds is 5. The summed E-state index contributed by atoms with van der Waals surface area (Å²) in [6.45, 7) is 4.27. The molecule has 120 valence electrons. The highest BCUT2D eigenvalue weighted by molar-refractivity contribution is 5.88. The van der Waals surface area contributed by atoms with Crippen molar-refractivity contribution in [3.63, 3.8) is 0 Å². The van der Waals surface area contributed by atoms with Crippen LogP contribution in [-0.4, -0.2) is 22.5 Å². The van der Waals surface area contributed by atoms with E-state index in [1.165, 1.54) is 30.4 Å². The number of carbonyl (C=O) groups is 1. The predicted molar refractivity (Wildman–Crippen MR) is 88.4 cm³/mol. The molecule has 1 aromatic heterocycles. The van der Waals surface area contributed by atoms with E-state index in [0.29, 0.717) is 12.2 Å². The van der Waals surface area contributed by atoms with Gasteiger partial charge in [0.05, 0.1) is 12.2 Å². The molecule has 2 aromatic rings. The molecule has 1 heterocycles. The molecule has 3 rings (SSSR count). The molecule has 1 fully saturated rings. The van der Waals surface area contributed by atoms with E-state index >= 15 is 0 Å². The highest BCUT2D eigenvalue weighted by Crippen LogP contribution is 2.45. The fourth-order valence-corrected chi connectivity index (χ4v) is 3.21. The van der Waals surface area contributed by atoms with Crippen molar-refractivity contribution in [3.8, 4) is 0 Å². The van der Waals surface area contributed by atoms with Crippen LogP contribution in [0.1, 0.15) is 53.5 Å². The first-order valence-corrected chi connectivity index (χ1v) is 8.18. The Morgan fingerprint density at radius 3 is 2.57 bits per heavy atom. The standard InChI is InChI=1S/C19H22N2O2/c1-3-23-18(22)15-12-20-17(21-13-15)11-19(8-5-9-19)16-7-4-6-14(2)10-16/h4,6-7,10,12-13H,3,5,8-9,11H2,1-2H3. The largest absolute Gasteiger partial charge is 0.462 e. The van der Waals surface area contributed by atoms with Crippen LogP contribution in [0, 0.1) is 6.92 Å². The summed E-state index contributed by atoms with van der Waals surface area (Å²) in [6, 6.07) is 8.72. The van der Waals surface area contributed by atoms with Gasteiger partial charge in [0.15, 0.2) is 0 Å². The van der Waals surface area contributed by atoms with Gasteiger partial charge in [-0.3, -0.25) is 0 Å². The normalized spacial score (nSPS) is 15.7. The third-order valence-corrected chi connectivity index (χ3v) is 4.65. The molecule has 0 saturated heterocycles. The first-order valence-electron chi connectivity index (χ1n) is 8.18. The van der Waals surface area contributed by atoms with Crippen LogP contribution in [-0.2, 0) is 16.6 Å². The minimum absolute atomic E-state index is 0.150. The Labute approximate surface area is 136 Å². The van der Waals surface area contributed by atoms with Crippen molar-refractivity contribution in [2.45, 2.75) is 44.9 Å². The van der Waals surface area contributed by atoms with Crippen LogP contribution >= 0.6 is 0 Å². The highest BCUT2D eigenvalue weighted by Gasteiger charge is 2.39. The molecule has 1 aliphatic rings. The maximum Gasteiger partial charge on any atom is 0.341 e. The maximum absolute atomic E-state index is 11.7. The minimum Gasteiger partial charge on any atom is -0.462 e. The quantitative estimate of drug-likeness (QED) is 0.791. The monoisotopic (exact) mass is 310 g/mol. The van der Waals surface area contributed by atoms with Crippen molar-refractivity contribution in [1.82, 2.24) is 9.97 Å². The summed E-state index contributed by atoms with van der Waals surface area (Å²) in [6.07, 6.45) is 7.54. The number of aromatic nitrogens is 2. The second-order valence-corrected chi connectivity index (χ2v) is 6.29. The number of ether oxygens (including phenoxy) is 1. The average molecular weight is 310 g/mol. The van der Waals surface area contributed by atoms with E-state index in [2.05, 4.69) is 41.2 Å². The Balaban J connectivity index is 1.78. The van der Waals surface area contributed by atoms with Crippen LogP contribution < -0.4 is 0 Å². The van der Waals surface area contributed by atoms with Gasteiger partial charge in [-0.25, -0.2) is 14.8 Å². The second kappa shape index (κ2) is 6.49. The van der Waals surface area contributed by atoms with Gasteiger partial charge in [0.2, 0.25) is 0 Å². The number of hydrogen-bond donors (Lipinski definition) is 0. The zero-order valence-corrected chi connectivity index (χ0v) is 13.7. The van der Waals surface area contributed by atoms with Crippen LogP contribution in [0.4, 0.5) is 0 Å². The molecule has 1 saturated carbocycles. The van der Waals surface area contributed by atoms with Gasteiger partial charge in [-0.15, -0.1) is 0 Å². The minimum atomic E-state index is -0.365. The Hall–Kier alpha value is -2.23. The van der Waals surface area contributed by atoms with Gasteiger partial charge in [-0.2, -0.15) is 0 Å². The van der Waals surface area contributed by atoms with Crippen molar-refractivity contribution >= 4 is 5.97 Å². The van der Waals surface area contributed by atoms with Crippen molar-refractivity contribution in [3.05, 3.63) is 59.2 Å². The van der Waals surface area contributed by atoms with Crippen LogP contribution in [0.5, 0.6) is 0 Å². The average Bonchev–Trinajstić information content (AvgIpc) is 2.52. The third kappa shape index (κ3) is 3.26. The molecule has 4 nitrogen and oxygen atoms in total. The van der Waals surface area contributed by atoms with Gasteiger partial charge < -0.3 is 4.74 Å². The SMILES string of the molecule is CCOC(=O)c1cnc(CC2(c3cccc(C)c3)CCC2)nc1. The van der Waals surface area contributed by atoms with Gasteiger partial charge in [-0.05, 0) is 32.3 Å². The molecule has 0 bridgehead atoms. The Bertz CT molecular complexity index is 691. The van der Waals surface area contributed by atoms with E-state index < -0.39 is 0 Å². The number of benzene rings is 1. The van der Waals surface area contributed by atoms with Crippen LogP contribution in [0.25, 0.3) is 0 Å². The lowest BCUT2D eigenvalue weighted by Crippen LogP contribution is -2.37. The molecule has 0 N–H and O–H groups in total. The smallest absolute Gasteiger partial charge is 0.341 e. The zero-order valence-electron chi connectivity index (χ0n) is 13.7. The van der Waals surface area contributed by atoms with Crippen molar-refractivity contribution in [2.24, 2.45) is 0 Å². The van der Waals surface area contributed by atoms with Gasteiger partial charge >= 0.3 is 5.97 Å². The molecule has 1 aliphatic carbocycles. The van der Waals surface area contributed by atoms with E-state index in [-0.39, 0.29) is 11.4 Å². The van der Waals surface area contributed by atoms with E-state index in [9.17, 15) is 4.79 Å². The van der Waals surface area contributed by atoms with E-state index in [4.69, 9.17) is 4.74 Å². The molecular weight excluding hydrogens is 288 g/mol. The first kappa shape index (κ1) is 15.7. The van der Waals surface area contributed by atoms with Gasteiger partial charge in [0.1, 0.15) is 5.82 Å². The molecule has 23 heavy (non-hydrogen) atoms. The van der Waals surface area contributed by atoms with Crippen LogP contribution in [0.3, 0.4) is 0 Å². The molecule has 0 amide bonds. The van der Waals surface area contributed by atoms with Gasteiger partial charge in [-0.1, -0.05) is 36.2 Å². The van der Waals surface area contributed by atoms with Crippen molar-refractivity contribution in [1.29, 1.82) is 0 Å². The summed E-state index contributed by atoms with van der Waals surface area (Å²) in [5.74, 6) is 0.426. The summed E-state index contributed by atoms with van der Waals surface area (Å²) in [4.78, 5) is 20.4. The molecule has 1 aromatic carbocycles. The number of esters is 1. The summed E-state index contributed by atoms with van der Waals surface area (Å²) in [5.41, 5.74) is 3.22. The van der Waals surface area contributed by atoms with Gasteiger partial charge in [0.25, 0.3) is 0 Å². The fourth-order valence-electron chi connectivity index (χ4n) is 3.21. The van der Waals surface area contributed by atoms with Crippen molar-refractivity contribution in [2.75, 3.05) is 6.61 Å². The first-order chi connectivity index (χ1) is 11.1. The number of hydrogen-bond acceptors (Lipinski definition) is 4.